The molecule has 1 aromatic heterocycles. The van der Waals surface area contributed by atoms with Crippen molar-refractivity contribution in [2.45, 2.75) is 0 Å². The Kier molecular flexibility index (Phi) is 1.54. The molecule has 0 saturated carbocycles. The van der Waals surface area contributed by atoms with E-state index in [0.717, 1.165) is 0 Å². The Hall–Kier alpha value is 0.166. The molecule has 0 fully saturated rings. The zero-order chi connectivity index (χ0) is 2.12. The molecular weight excluding hydrogens is 72.3 g/mol. The quantitative estimate of drug-likeness (QED) is 0.309. The van der Waals surface area contributed by atoms with Gasteiger partial charge in [0.15, 0.2) is 0 Å². The first-order valence-electron chi connectivity index (χ1n) is 0.500. The second-order valence-electron chi connectivity index (χ2n) is 0.204. The van der Waals surface area contributed by atoms with Gasteiger partial charge in [-0.2, -0.15) is 0 Å². The molecule has 3 nitrogen and oxygen atoms in total. The van der Waals surface area contributed by atoms with E-state index in [4.69, 9.17) is 0 Å². The lowest BCUT2D eigenvalue weighted by atomic mass is 15.2. The highest BCUT2D eigenvalue weighted by molar-refractivity contribution is 5.75. The molecule has 0 aliphatic carbocycles. The van der Waals surface area contributed by atoms with Crippen molar-refractivity contribution in [3.05, 3.63) is 0 Å². The Morgan fingerprint density at radius 2 is 1.00 bits per heavy atom. The Morgan fingerprint density at radius 1 is 0.750 bits per heavy atom. The molecule has 0 N–H and O–H groups in total. The average Bonchev–Trinajstić information content (AvgIpc) is 1.46. The summed E-state index contributed by atoms with van der Waals surface area (Å²) >= 11 is 0. The fraction of sp³-hybridized carbons (Fsp3) is 0. The third-order valence-corrected chi connectivity index (χ3v) is 0.0680. The molecule has 0 bridgehead atoms. The highest BCUT2D eigenvalue weighted by Crippen LogP contribution is 1.79. The average molecular weight is 74.3 g/mol. The first-order valence-corrected chi connectivity index (χ1v) is 0.500. The zero-order valence-corrected chi connectivity index (χ0v) is 1.22. The van der Waals surface area contributed by atoms with Gasteiger partial charge in [0.2, 0.25) is 0 Å². The van der Waals surface area contributed by atoms with Crippen LogP contribution in [0.2, 0.25) is 0 Å². The summed E-state index contributed by atoms with van der Waals surface area (Å²) in [7, 11) is 0. The Labute approximate surface area is 37.9 Å². The molecule has 0 radical (unpaired) electrons. The van der Waals surface area contributed by atoms with Gasteiger partial charge in [-0.3, -0.25) is 0 Å². The van der Waals surface area contributed by atoms with E-state index in [0.29, 0.717) is 0 Å². The molecule has 0 amide bonds. The van der Waals surface area contributed by atoms with Gasteiger partial charge in [0.05, 0.1) is 0 Å². The predicted molar refractivity (Wildman–Crippen MR) is 11.8 cm³/mol. The van der Waals surface area contributed by atoms with Gasteiger partial charge in [-0.05, 0) is 0 Å². The molecule has 1 aromatic rings. The maximum Gasteiger partial charge on any atom is 0.316 e. The molecule has 0 aliphatic rings. The topological polar surface area (TPSA) is 39.4 Å². The summed E-state index contributed by atoms with van der Waals surface area (Å²) in [6.45, 7) is 0. The third kappa shape index (κ3) is 2.17. The van der Waals surface area contributed by atoms with Gasteiger partial charge in [0.1, 0.15) is 0 Å². The molecule has 0 spiro atoms. The lowest BCUT2D eigenvalue weighted by molar-refractivity contribution is 0.264. The second-order valence-corrected chi connectivity index (χ2v) is 0.204. The largest absolute Gasteiger partial charge is 0.316 e. The van der Waals surface area contributed by atoms with E-state index in [1.165, 1.54) is 0 Å². The minimum Gasteiger partial charge on any atom is 0 e. The van der Waals surface area contributed by atoms with E-state index in [9.17, 15) is 0 Å². The smallest absolute Gasteiger partial charge is 0 e. The minimum atomic E-state index is 0. The van der Waals surface area contributed by atoms with Crippen LogP contribution in [0.15, 0.2) is 14.2 Å². The second kappa shape index (κ2) is 1.48. The van der Waals surface area contributed by atoms with E-state index < -0.39 is 0 Å². The van der Waals surface area contributed by atoms with Crippen LogP contribution in [0.5, 0.6) is 0 Å². The minimum absolute atomic E-state index is 0. The molecule has 0 saturated heterocycles. The first-order chi connectivity index (χ1) is 1.50. The van der Waals surface area contributed by atoms with Gasteiger partial charge in [-0.15, -0.1) is 0 Å². The van der Waals surface area contributed by atoms with Crippen LogP contribution in [-0.2, 0) is 0 Å². The summed E-state index contributed by atoms with van der Waals surface area (Å²) in [4.78, 5) is 0. The van der Waals surface area contributed by atoms with Crippen LogP contribution in [0, 0.1) is 0 Å². The van der Waals surface area contributed by atoms with E-state index in [1.54, 1.807) is 0 Å². The fourth-order valence-electron chi connectivity index (χ4n) is 0. The summed E-state index contributed by atoms with van der Waals surface area (Å²) in [6, 6.07) is 0. The highest BCUT2D eigenvalue weighted by atomic mass is 24.3. The number of hydrogen-bond donors (Lipinski definition) is 0. The normalized spacial score (nSPS) is 6.00. The lowest BCUT2D eigenvalue weighted by Gasteiger charge is -0.816. The number of hydrogen-bond acceptors (Lipinski definition) is 3. The molecule has 0 atom stereocenters. The number of rotatable bonds is 0. The van der Waals surface area contributed by atoms with E-state index in [1.807, 2.05) is 0 Å². The van der Waals surface area contributed by atoms with Gasteiger partial charge >= 0.3 is 23.1 Å². The predicted octanol–water partition coefficient (Wildman–Crippen LogP) is -0.451. The molecule has 0 aliphatic heterocycles. The summed E-state index contributed by atoms with van der Waals surface area (Å²) in [5.41, 5.74) is 0. The van der Waals surface area contributed by atoms with Crippen LogP contribution in [0.25, 0.3) is 0 Å². The summed E-state index contributed by atoms with van der Waals surface area (Å²) in [5.74, 6) is 0. The van der Waals surface area contributed by atoms with Crippen molar-refractivity contribution in [2.24, 2.45) is 0 Å². The van der Waals surface area contributed by atoms with Crippen molar-refractivity contribution in [1.82, 2.24) is 0 Å². The lowest BCUT2D eigenvalue weighted by Crippen LogP contribution is -0.661. The van der Waals surface area contributed by atoms with Crippen molar-refractivity contribution < 1.29 is 14.2 Å². The monoisotopic (exact) mass is 74.0 g/mol. The van der Waals surface area contributed by atoms with Gasteiger partial charge in [-0.1, -0.05) is 0 Å². The summed E-state index contributed by atoms with van der Waals surface area (Å²) in [6.07, 6.45) is 0. The van der Waals surface area contributed by atoms with Crippen molar-refractivity contribution >= 4 is 23.1 Å². The molecule has 4 heavy (non-hydrogen) atoms. The van der Waals surface area contributed by atoms with Crippen LogP contribution in [0.1, 0.15) is 0 Å². The standard InChI is InChI=1S/Mg.O3.2H/c;1-2-3-1;;. The fourth-order valence-corrected chi connectivity index (χ4v) is 0. The summed E-state index contributed by atoms with van der Waals surface area (Å²) in [5, 5.41) is 0. The van der Waals surface area contributed by atoms with Crippen LogP contribution < -0.4 is 0 Å². The molecule has 0 unspecified atom stereocenters. The van der Waals surface area contributed by atoms with Gasteiger partial charge < -0.3 is 0 Å². The molecule has 4 heteroatoms. The molecule has 0 aromatic carbocycles. The maximum atomic E-state index is 3.50. The van der Waals surface area contributed by atoms with Crippen LogP contribution in [0.4, 0.5) is 0 Å². The van der Waals surface area contributed by atoms with Crippen molar-refractivity contribution in [2.75, 3.05) is 0 Å². The van der Waals surface area contributed by atoms with Gasteiger partial charge in [0.25, 0.3) is 0 Å². The first kappa shape index (κ1) is 4.17. The molecule has 1 heterocycles. The van der Waals surface area contributed by atoms with Crippen molar-refractivity contribution in [3.63, 3.8) is 0 Å². The van der Waals surface area contributed by atoms with Crippen LogP contribution in [-0.4, -0.2) is 23.1 Å². The van der Waals surface area contributed by atoms with Gasteiger partial charge in [-0.25, -0.2) is 0 Å². The third-order valence-electron chi connectivity index (χ3n) is 0.0680. The highest BCUT2D eigenvalue weighted by Gasteiger charge is 1.63. The zero-order valence-electron chi connectivity index (χ0n) is 1.22. The van der Waals surface area contributed by atoms with E-state index in [2.05, 4.69) is 14.2 Å². The van der Waals surface area contributed by atoms with Crippen molar-refractivity contribution in [1.29, 1.82) is 0 Å². The Balaban J connectivity index is 0.0000000900. The Bertz CT molecular complexity index is 31.4. The molecule has 22 valence electrons. The molecule has 1 rings (SSSR count). The van der Waals surface area contributed by atoms with Crippen molar-refractivity contribution in [3.8, 4) is 0 Å². The van der Waals surface area contributed by atoms with E-state index in [-0.39, 0.29) is 23.1 Å². The van der Waals surface area contributed by atoms with Crippen LogP contribution >= 0.6 is 0 Å². The van der Waals surface area contributed by atoms with E-state index >= 15 is 0 Å². The van der Waals surface area contributed by atoms with Gasteiger partial charge in [0, 0.05) is 14.2 Å². The maximum absolute atomic E-state index is 3.50. The molecular formula is H2MgO3. The van der Waals surface area contributed by atoms with Crippen LogP contribution in [0.3, 0.4) is 0 Å². The summed E-state index contributed by atoms with van der Waals surface area (Å²) < 4.78 is 10.5. The Morgan fingerprint density at radius 3 is 1.00 bits per heavy atom. The SMILES string of the molecule is [MgH2].o1oo1.